The second-order valence-corrected chi connectivity index (χ2v) is 8.34. The number of thioether (sulfide) groups is 1. The quantitative estimate of drug-likeness (QED) is 0.553. The molecule has 0 unspecified atom stereocenters. The van der Waals surface area contributed by atoms with E-state index >= 15 is 0 Å². The molecule has 1 atom stereocenters. The lowest BCUT2D eigenvalue weighted by atomic mass is 10.2. The molecule has 0 bridgehead atoms. The number of amides is 2. The van der Waals surface area contributed by atoms with Gasteiger partial charge in [-0.2, -0.15) is 0 Å². The van der Waals surface area contributed by atoms with Crippen LogP contribution in [0.4, 0.5) is 11.4 Å². The van der Waals surface area contributed by atoms with Crippen molar-refractivity contribution >= 4 is 40.9 Å². The normalized spacial score (nSPS) is 14.6. The molecule has 7 heteroatoms. The minimum atomic E-state index is -0.436. The number of ether oxygens (including phenoxy) is 1. The predicted molar refractivity (Wildman–Crippen MR) is 114 cm³/mol. The molecule has 0 spiro atoms. The molecule has 2 aromatic rings. The van der Waals surface area contributed by atoms with Gasteiger partial charge in [-0.3, -0.25) is 14.4 Å². The number of esters is 1. The van der Waals surface area contributed by atoms with Gasteiger partial charge >= 0.3 is 5.97 Å². The Morgan fingerprint density at radius 2 is 1.83 bits per heavy atom. The van der Waals surface area contributed by atoms with Crippen molar-refractivity contribution in [3.8, 4) is 0 Å². The minimum Gasteiger partial charge on any atom is -0.455 e. The number of benzene rings is 2. The van der Waals surface area contributed by atoms with Gasteiger partial charge in [-0.05, 0) is 56.7 Å². The van der Waals surface area contributed by atoms with Crippen LogP contribution in [-0.2, 0) is 19.1 Å². The summed E-state index contributed by atoms with van der Waals surface area (Å²) in [5, 5.41) is 2.28. The van der Waals surface area contributed by atoms with Crippen LogP contribution in [0.2, 0.25) is 0 Å². The van der Waals surface area contributed by atoms with E-state index in [1.165, 1.54) is 11.8 Å². The fourth-order valence-electron chi connectivity index (χ4n) is 2.97. The first-order chi connectivity index (χ1) is 13.9. The van der Waals surface area contributed by atoms with Crippen molar-refractivity contribution in [2.45, 2.75) is 36.8 Å². The van der Waals surface area contributed by atoms with Gasteiger partial charge < -0.3 is 15.0 Å². The van der Waals surface area contributed by atoms with Gasteiger partial charge in [0.25, 0.3) is 5.91 Å². The van der Waals surface area contributed by atoms with Crippen molar-refractivity contribution in [3.05, 3.63) is 54.1 Å². The first kappa shape index (κ1) is 20.9. The Hall–Kier alpha value is -2.80. The Labute approximate surface area is 174 Å². The number of carbonyl (C=O) groups is 3. The molecule has 1 aliphatic rings. The van der Waals surface area contributed by atoms with E-state index in [4.69, 9.17) is 4.74 Å². The van der Waals surface area contributed by atoms with Crippen LogP contribution in [0.25, 0.3) is 0 Å². The summed E-state index contributed by atoms with van der Waals surface area (Å²) in [6.45, 7) is 4.14. The van der Waals surface area contributed by atoms with E-state index in [9.17, 15) is 14.4 Å². The van der Waals surface area contributed by atoms with Crippen LogP contribution < -0.4 is 10.2 Å². The maximum atomic E-state index is 12.1. The van der Waals surface area contributed by atoms with Crippen LogP contribution in [0.1, 0.15) is 25.3 Å². The third-order valence-corrected chi connectivity index (χ3v) is 5.64. The molecule has 0 radical (unpaired) electrons. The molecule has 2 amide bonds. The first-order valence-electron chi connectivity index (χ1n) is 9.52. The SMILES string of the molecule is Cc1ccc(S[C@@H](C)C(=O)OCC(=O)Nc2ccc(N3CCCC3=O)cc2)cc1. The average Bonchev–Trinajstić information content (AvgIpc) is 3.14. The summed E-state index contributed by atoms with van der Waals surface area (Å²) in [5.74, 6) is -0.726. The average molecular weight is 413 g/mol. The van der Waals surface area contributed by atoms with Gasteiger partial charge in [0, 0.05) is 29.2 Å². The lowest BCUT2D eigenvalue weighted by molar-refractivity contribution is -0.146. The fourth-order valence-corrected chi connectivity index (χ4v) is 3.83. The lowest BCUT2D eigenvalue weighted by Gasteiger charge is -2.16. The second kappa shape index (κ2) is 9.60. The lowest BCUT2D eigenvalue weighted by Crippen LogP contribution is -2.25. The van der Waals surface area contributed by atoms with Crippen LogP contribution in [0.5, 0.6) is 0 Å². The standard InChI is InChI=1S/C22H24N2O4S/c1-15-5-11-19(12-6-15)29-16(2)22(27)28-14-20(25)23-17-7-9-18(10-8-17)24-13-3-4-21(24)26/h5-12,16H,3-4,13-14H2,1-2H3,(H,23,25)/t16-/m0/s1. The molecule has 1 fully saturated rings. The summed E-state index contributed by atoms with van der Waals surface area (Å²) < 4.78 is 5.13. The van der Waals surface area contributed by atoms with E-state index in [0.717, 1.165) is 29.1 Å². The van der Waals surface area contributed by atoms with E-state index in [-0.39, 0.29) is 12.5 Å². The number of nitrogens with one attached hydrogen (secondary N) is 1. The highest BCUT2D eigenvalue weighted by Gasteiger charge is 2.21. The number of anilines is 2. The predicted octanol–water partition coefficient (Wildman–Crippen LogP) is 3.78. The second-order valence-electron chi connectivity index (χ2n) is 6.92. The number of aryl methyl sites for hydroxylation is 1. The zero-order chi connectivity index (χ0) is 20.8. The third-order valence-electron chi connectivity index (χ3n) is 4.55. The molecule has 0 aromatic heterocycles. The summed E-state index contributed by atoms with van der Waals surface area (Å²) >= 11 is 1.39. The van der Waals surface area contributed by atoms with Crippen molar-refractivity contribution < 1.29 is 19.1 Å². The van der Waals surface area contributed by atoms with Gasteiger partial charge in [0.1, 0.15) is 5.25 Å². The number of carbonyl (C=O) groups excluding carboxylic acids is 3. The third kappa shape index (κ3) is 5.84. The van der Waals surface area contributed by atoms with Crippen LogP contribution in [0.15, 0.2) is 53.4 Å². The summed E-state index contributed by atoms with van der Waals surface area (Å²) in [6.07, 6.45) is 1.44. The fraction of sp³-hybridized carbons (Fsp3) is 0.318. The highest BCUT2D eigenvalue weighted by molar-refractivity contribution is 8.00. The van der Waals surface area contributed by atoms with E-state index in [2.05, 4.69) is 5.32 Å². The largest absolute Gasteiger partial charge is 0.455 e. The molecular formula is C22H24N2O4S. The van der Waals surface area contributed by atoms with Gasteiger partial charge in [0.15, 0.2) is 6.61 Å². The van der Waals surface area contributed by atoms with Gasteiger partial charge in [-0.15, -0.1) is 11.8 Å². The maximum absolute atomic E-state index is 12.1. The van der Waals surface area contributed by atoms with Gasteiger partial charge in [0.2, 0.25) is 5.91 Å². The minimum absolute atomic E-state index is 0.117. The van der Waals surface area contributed by atoms with Crippen molar-refractivity contribution in [2.75, 3.05) is 23.4 Å². The molecule has 6 nitrogen and oxygen atoms in total. The van der Waals surface area contributed by atoms with Crippen molar-refractivity contribution in [2.24, 2.45) is 0 Å². The molecule has 2 aromatic carbocycles. The van der Waals surface area contributed by atoms with Crippen molar-refractivity contribution in [1.29, 1.82) is 0 Å². The Morgan fingerprint density at radius 3 is 2.45 bits per heavy atom. The molecule has 152 valence electrons. The number of nitrogens with zero attached hydrogens (tertiary/aromatic N) is 1. The molecule has 1 N–H and O–H groups in total. The first-order valence-corrected chi connectivity index (χ1v) is 10.4. The zero-order valence-electron chi connectivity index (χ0n) is 16.5. The summed E-state index contributed by atoms with van der Waals surface area (Å²) in [7, 11) is 0. The van der Waals surface area contributed by atoms with Gasteiger partial charge in [-0.25, -0.2) is 0 Å². The van der Waals surface area contributed by atoms with Crippen LogP contribution in [0, 0.1) is 6.92 Å². The van der Waals surface area contributed by atoms with Gasteiger partial charge in [-0.1, -0.05) is 17.7 Å². The molecule has 29 heavy (non-hydrogen) atoms. The summed E-state index contributed by atoms with van der Waals surface area (Å²) in [6, 6.07) is 14.9. The van der Waals surface area contributed by atoms with E-state index < -0.39 is 17.1 Å². The molecule has 0 saturated carbocycles. The molecule has 1 aliphatic heterocycles. The number of hydrogen-bond donors (Lipinski definition) is 1. The Kier molecular flexibility index (Phi) is 6.93. The maximum Gasteiger partial charge on any atom is 0.319 e. The zero-order valence-corrected chi connectivity index (χ0v) is 17.3. The van der Waals surface area contributed by atoms with E-state index in [1.54, 1.807) is 36.1 Å². The highest BCUT2D eigenvalue weighted by atomic mass is 32.2. The summed E-state index contributed by atoms with van der Waals surface area (Å²) in [5.41, 5.74) is 2.56. The smallest absolute Gasteiger partial charge is 0.319 e. The number of rotatable bonds is 7. The van der Waals surface area contributed by atoms with Crippen molar-refractivity contribution in [1.82, 2.24) is 0 Å². The van der Waals surface area contributed by atoms with E-state index in [0.29, 0.717) is 12.1 Å². The molecule has 1 saturated heterocycles. The van der Waals surface area contributed by atoms with Crippen LogP contribution >= 0.6 is 11.8 Å². The van der Waals surface area contributed by atoms with E-state index in [1.807, 2.05) is 31.2 Å². The summed E-state index contributed by atoms with van der Waals surface area (Å²) in [4.78, 5) is 38.7. The topological polar surface area (TPSA) is 75.7 Å². The molecule has 1 heterocycles. The van der Waals surface area contributed by atoms with Crippen LogP contribution in [-0.4, -0.2) is 36.2 Å². The number of hydrogen-bond acceptors (Lipinski definition) is 5. The molecule has 3 rings (SSSR count). The van der Waals surface area contributed by atoms with Crippen LogP contribution in [0.3, 0.4) is 0 Å². The highest BCUT2D eigenvalue weighted by Crippen LogP contribution is 2.25. The Balaban J connectivity index is 1.44. The Morgan fingerprint density at radius 1 is 1.14 bits per heavy atom. The monoisotopic (exact) mass is 412 g/mol. The Bertz CT molecular complexity index is 881. The van der Waals surface area contributed by atoms with Gasteiger partial charge in [0.05, 0.1) is 0 Å². The molecular weight excluding hydrogens is 388 g/mol. The molecule has 0 aliphatic carbocycles. The van der Waals surface area contributed by atoms with Crippen molar-refractivity contribution in [3.63, 3.8) is 0 Å².